The molecule has 1 nitrogen and oxygen atoms in total. The summed E-state index contributed by atoms with van der Waals surface area (Å²) in [7, 11) is 0. The third kappa shape index (κ3) is 2.42. The predicted octanol–water partition coefficient (Wildman–Crippen LogP) is 5.42. The van der Waals surface area contributed by atoms with Crippen molar-refractivity contribution in [3.8, 4) is 16.9 Å². The molecule has 3 aromatic rings. The maximum absolute atomic E-state index is 5.91. The van der Waals surface area contributed by atoms with Crippen molar-refractivity contribution in [2.24, 2.45) is 0 Å². The highest BCUT2D eigenvalue weighted by Crippen LogP contribution is 2.38. The summed E-state index contributed by atoms with van der Waals surface area (Å²) in [6, 6.07) is 25.2. The number of hydrogen-bond donors (Lipinski definition) is 0. The van der Waals surface area contributed by atoms with E-state index in [9.17, 15) is 0 Å². The van der Waals surface area contributed by atoms with E-state index in [0.29, 0.717) is 6.61 Å². The lowest BCUT2D eigenvalue weighted by molar-refractivity contribution is 0.302. The first-order chi connectivity index (χ1) is 10.9. The minimum atomic E-state index is 0.648. The minimum Gasteiger partial charge on any atom is -0.488 e. The monoisotopic (exact) mass is 284 g/mol. The van der Waals surface area contributed by atoms with Gasteiger partial charge in [0, 0.05) is 5.56 Å². The van der Waals surface area contributed by atoms with E-state index in [2.05, 4.69) is 66.7 Å². The van der Waals surface area contributed by atoms with E-state index in [-0.39, 0.29) is 0 Å². The molecule has 1 aliphatic rings. The van der Waals surface area contributed by atoms with Crippen LogP contribution in [0.5, 0.6) is 5.75 Å². The zero-order valence-electron chi connectivity index (χ0n) is 12.2. The van der Waals surface area contributed by atoms with E-state index in [0.717, 1.165) is 11.3 Å². The Labute approximate surface area is 130 Å². The minimum absolute atomic E-state index is 0.648. The standard InChI is InChI=1S/C21H16O/c1-2-6-16(7-3-1)10-11-17-12-13-20-19-9-5-4-8-18(19)15-22-21(20)14-17/h1-14H,15H2/b11-10+. The molecular weight excluding hydrogens is 268 g/mol. The molecule has 0 N–H and O–H groups in total. The molecule has 0 spiro atoms. The summed E-state index contributed by atoms with van der Waals surface area (Å²) in [6.07, 6.45) is 4.25. The van der Waals surface area contributed by atoms with Gasteiger partial charge in [-0.1, -0.05) is 78.9 Å². The van der Waals surface area contributed by atoms with Gasteiger partial charge in [-0.05, 0) is 28.3 Å². The number of hydrogen-bond acceptors (Lipinski definition) is 1. The second-order valence-electron chi connectivity index (χ2n) is 5.45. The van der Waals surface area contributed by atoms with Crippen molar-refractivity contribution in [1.82, 2.24) is 0 Å². The SMILES string of the molecule is C(=C\c1ccc2c(c1)OCc1ccccc1-2)/c1ccccc1. The third-order valence-electron chi connectivity index (χ3n) is 3.96. The normalized spacial score (nSPS) is 12.5. The van der Waals surface area contributed by atoms with Crippen LogP contribution in [-0.2, 0) is 6.61 Å². The Morgan fingerprint density at radius 1 is 0.682 bits per heavy atom. The maximum atomic E-state index is 5.91. The van der Waals surface area contributed by atoms with E-state index >= 15 is 0 Å². The van der Waals surface area contributed by atoms with Gasteiger partial charge in [0.05, 0.1) is 0 Å². The fourth-order valence-corrected chi connectivity index (χ4v) is 2.81. The molecule has 22 heavy (non-hydrogen) atoms. The van der Waals surface area contributed by atoms with E-state index in [1.807, 2.05) is 18.2 Å². The topological polar surface area (TPSA) is 9.23 Å². The first kappa shape index (κ1) is 12.9. The summed E-state index contributed by atoms with van der Waals surface area (Å²) in [5.41, 5.74) is 6.07. The highest BCUT2D eigenvalue weighted by Gasteiger charge is 2.16. The van der Waals surface area contributed by atoms with Gasteiger partial charge in [-0.15, -0.1) is 0 Å². The molecule has 0 bridgehead atoms. The van der Waals surface area contributed by atoms with Crippen LogP contribution in [0.4, 0.5) is 0 Å². The lowest BCUT2D eigenvalue weighted by Gasteiger charge is -2.21. The van der Waals surface area contributed by atoms with Crippen LogP contribution in [-0.4, -0.2) is 0 Å². The lowest BCUT2D eigenvalue weighted by atomic mass is 9.96. The molecule has 0 radical (unpaired) electrons. The summed E-state index contributed by atoms with van der Waals surface area (Å²) in [4.78, 5) is 0. The quantitative estimate of drug-likeness (QED) is 0.571. The molecule has 4 rings (SSSR count). The smallest absolute Gasteiger partial charge is 0.128 e. The number of benzene rings is 3. The number of ether oxygens (including phenoxy) is 1. The molecule has 3 aromatic carbocycles. The molecule has 1 aliphatic heterocycles. The molecule has 1 heterocycles. The Kier molecular flexibility index (Phi) is 3.24. The summed E-state index contributed by atoms with van der Waals surface area (Å²) in [6.45, 7) is 0.648. The van der Waals surface area contributed by atoms with E-state index < -0.39 is 0 Å². The third-order valence-corrected chi connectivity index (χ3v) is 3.96. The largest absolute Gasteiger partial charge is 0.488 e. The van der Waals surface area contributed by atoms with Crippen molar-refractivity contribution < 1.29 is 4.74 Å². The van der Waals surface area contributed by atoms with Gasteiger partial charge in [0.15, 0.2) is 0 Å². The summed E-state index contributed by atoms with van der Waals surface area (Å²) < 4.78 is 5.91. The van der Waals surface area contributed by atoms with Crippen molar-refractivity contribution in [3.05, 3.63) is 89.5 Å². The van der Waals surface area contributed by atoms with E-state index in [1.165, 1.54) is 22.3 Å². The zero-order valence-corrected chi connectivity index (χ0v) is 12.2. The van der Waals surface area contributed by atoms with E-state index in [4.69, 9.17) is 4.74 Å². The Morgan fingerprint density at radius 3 is 2.36 bits per heavy atom. The van der Waals surface area contributed by atoms with Crippen molar-refractivity contribution in [2.75, 3.05) is 0 Å². The highest BCUT2D eigenvalue weighted by atomic mass is 16.5. The Balaban J connectivity index is 1.68. The molecule has 0 aromatic heterocycles. The molecule has 0 atom stereocenters. The van der Waals surface area contributed by atoms with Crippen molar-refractivity contribution >= 4 is 12.2 Å². The summed E-state index contributed by atoms with van der Waals surface area (Å²) >= 11 is 0. The van der Waals surface area contributed by atoms with Gasteiger partial charge in [-0.25, -0.2) is 0 Å². The van der Waals surface area contributed by atoms with Crippen LogP contribution < -0.4 is 4.74 Å². The average molecular weight is 284 g/mol. The van der Waals surface area contributed by atoms with Crippen LogP contribution >= 0.6 is 0 Å². The molecule has 0 aliphatic carbocycles. The average Bonchev–Trinajstić information content (AvgIpc) is 2.60. The van der Waals surface area contributed by atoms with Gasteiger partial charge in [0.25, 0.3) is 0 Å². The van der Waals surface area contributed by atoms with Gasteiger partial charge in [-0.3, -0.25) is 0 Å². The van der Waals surface area contributed by atoms with Crippen LogP contribution in [0.3, 0.4) is 0 Å². The fourth-order valence-electron chi connectivity index (χ4n) is 2.81. The van der Waals surface area contributed by atoms with Crippen molar-refractivity contribution in [1.29, 1.82) is 0 Å². The van der Waals surface area contributed by atoms with Gasteiger partial charge in [0.1, 0.15) is 12.4 Å². The molecule has 0 saturated carbocycles. The second kappa shape index (κ2) is 5.53. The van der Waals surface area contributed by atoms with Crippen LogP contribution in [0, 0.1) is 0 Å². The molecule has 0 unspecified atom stereocenters. The predicted molar refractivity (Wildman–Crippen MR) is 91.6 cm³/mol. The van der Waals surface area contributed by atoms with Crippen molar-refractivity contribution in [2.45, 2.75) is 6.61 Å². The van der Waals surface area contributed by atoms with E-state index in [1.54, 1.807) is 0 Å². The van der Waals surface area contributed by atoms with Crippen LogP contribution in [0.25, 0.3) is 23.3 Å². The number of rotatable bonds is 2. The van der Waals surface area contributed by atoms with Gasteiger partial charge >= 0.3 is 0 Å². The highest BCUT2D eigenvalue weighted by molar-refractivity contribution is 5.78. The molecule has 0 fully saturated rings. The van der Waals surface area contributed by atoms with Gasteiger partial charge in [-0.2, -0.15) is 0 Å². The Hall–Kier alpha value is -2.80. The molecule has 0 saturated heterocycles. The number of fused-ring (bicyclic) bond motifs is 3. The first-order valence-electron chi connectivity index (χ1n) is 7.48. The lowest BCUT2D eigenvalue weighted by Crippen LogP contribution is -2.05. The Morgan fingerprint density at radius 2 is 1.45 bits per heavy atom. The summed E-state index contributed by atoms with van der Waals surface area (Å²) in [5.74, 6) is 0.967. The zero-order chi connectivity index (χ0) is 14.8. The molecular formula is C21H16O. The molecule has 1 heteroatoms. The van der Waals surface area contributed by atoms with Crippen LogP contribution in [0.2, 0.25) is 0 Å². The van der Waals surface area contributed by atoms with Crippen molar-refractivity contribution in [3.63, 3.8) is 0 Å². The fraction of sp³-hybridized carbons (Fsp3) is 0.0476. The molecule has 106 valence electrons. The Bertz CT molecular complexity index is 832. The van der Waals surface area contributed by atoms with Gasteiger partial charge < -0.3 is 4.74 Å². The molecule has 0 amide bonds. The second-order valence-corrected chi connectivity index (χ2v) is 5.45. The summed E-state index contributed by atoms with van der Waals surface area (Å²) in [5, 5.41) is 0. The first-order valence-corrected chi connectivity index (χ1v) is 7.48. The maximum Gasteiger partial charge on any atom is 0.128 e. The van der Waals surface area contributed by atoms with Crippen LogP contribution in [0.15, 0.2) is 72.8 Å². The van der Waals surface area contributed by atoms with Gasteiger partial charge in [0.2, 0.25) is 0 Å². The van der Waals surface area contributed by atoms with Crippen LogP contribution in [0.1, 0.15) is 16.7 Å².